The van der Waals surface area contributed by atoms with Gasteiger partial charge in [0.1, 0.15) is 6.61 Å². The van der Waals surface area contributed by atoms with Gasteiger partial charge in [-0.25, -0.2) is 4.57 Å². The summed E-state index contributed by atoms with van der Waals surface area (Å²) in [5.74, 6) is -0.849. The van der Waals surface area contributed by atoms with Crippen LogP contribution < -0.4 is 5.73 Å². The minimum absolute atomic E-state index is 0.0493. The van der Waals surface area contributed by atoms with Gasteiger partial charge in [-0.3, -0.25) is 18.6 Å². The SMILES string of the molecule is CCCCC/C=C\CC1OC1CCCCCCCC(=O)OC[C@H](COP(=O)(O)OCCN)OC(=O)CCCCCCCCCCC/C=C\CCCCCCCC. The Hall–Kier alpha value is -1.55. The second-order valence-electron chi connectivity index (χ2n) is 15.7. The second-order valence-corrected chi connectivity index (χ2v) is 17.1. The summed E-state index contributed by atoms with van der Waals surface area (Å²) in [6, 6.07) is 0. The molecule has 10 nitrogen and oxygen atoms in total. The van der Waals surface area contributed by atoms with Gasteiger partial charge in [-0.2, -0.15) is 0 Å². The van der Waals surface area contributed by atoms with Gasteiger partial charge in [0.15, 0.2) is 6.10 Å². The number of carbonyl (C=O) groups is 2. The van der Waals surface area contributed by atoms with Crippen LogP contribution in [-0.4, -0.2) is 61.5 Å². The number of hydrogen-bond donors (Lipinski definition) is 2. The van der Waals surface area contributed by atoms with Crippen LogP contribution in [0.5, 0.6) is 0 Å². The Bertz CT molecular complexity index is 1040. The van der Waals surface area contributed by atoms with Crippen LogP contribution in [0, 0.1) is 0 Å². The number of nitrogens with two attached hydrogens (primary N) is 1. The molecule has 11 heteroatoms. The Labute approximate surface area is 342 Å². The highest BCUT2D eigenvalue weighted by Crippen LogP contribution is 2.43. The summed E-state index contributed by atoms with van der Waals surface area (Å²) in [6.07, 6.45) is 42.2. The molecule has 1 fully saturated rings. The molecule has 56 heavy (non-hydrogen) atoms. The standard InChI is InChI=1S/C45H84NO9P/c1-3-5-7-9-11-12-13-14-15-16-17-18-19-20-21-22-23-27-32-36-45(48)54-41(40-53-56(49,50)52-38-37-46)39-51-44(47)35-31-28-24-26-30-34-43-42(55-43)33-29-25-10-8-6-4-2/h14-15,25,29,41-43H,3-13,16-24,26-28,30-40,46H2,1-2H3,(H,49,50)/b15-14-,29-25-/t41-,42?,43?/m1/s1. The molecule has 0 aliphatic carbocycles. The molecule has 1 heterocycles. The van der Waals surface area contributed by atoms with Crippen LogP contribution in [0.15, 0.2) is 24.3 Å². The molecule has 0 aromatic rings. The molecule has 3 N–H and O–H groups in total. The van der Waals surface area contributed by atoms with Crippen molar-refractivity contribution < 1.29 is 42.3 Å². The lowest BCUT2D eigenvalue weighted by Gasteiger charge is -2.19. The summed E-state index contributed by atoms with van der Waals surface area (Å²) in [5.41, 5.74) is 5.35. The van der Waals surface area contributed by atoms with Gasteiger partial charge in [0, 0.05) is 19.4 Å². The van der Waals surface area contributed by atoms with E-state index in [1.165, 1.54) is 103 Å². The Morgan fingerprint density at radius 3 is 1.70 bits per heavy atom. The molecular weight excluding hydrogens is 729 g/mol. The fraction of sp³-hybridized carbons (Fsp3) is 0.867. The average molecular weight is 814 g/mol. The van der Waals surface area contributed by atoms with Crippen LogP contribution in [0.25, 0.3) is 0 Å². The third kappa shape index (κ3) is 34.5. The van der Waals surface area contributed by atoms with E-state index in [1.807, 2.05) is 0 Å². The fourth-order valence-corrected chi connectivity index (χ4v) is 7.46. The first-order valence-electron chi connectivity index (χ1n) is 22.9. The van der Waals surface area contributed by atoms with Crippen LogP contribution in [0.3, 0.4) is 0 Å². The van der Waals surface area contributed by atoms with Gasteiger partial charge in [-0.05, 0) is 64.2 Å². The average Bonchev–Trinajstić information content (AvgIpc) is 3.94. The highest BCUT2D eigenvalue weighted by molar-refractivity contribution is 7.47. The van der Waals surface area contributed by atoms with Crippen molar-refractivity contribution in [3.05, 3.63) is 24.3 Å². The van der Waals surface area contributed by atoms with Crippen LogP contribution in [0.2, 0.25) is 0 Å². The zero-order valence-electron chi connectivity index (χ0n) is 35.8. The van der Waals surface area contributed by atoms with Crippen molar-refractivity contribution in [2.24, 2.45) is 5.73 Å². The number of ether oxygens (including phenoxy) is 3. The number of epoxide rings is 1. The zero-order valence-corrected chi connectivity index (χ0v) is 36.7. The van der Waals surface area contributed by atoms with Gasteiger partial charge in [-0.15, -0.1) is 0 Å². The molecule has 1 saturated heterocycles. The van der Waals surface area contributed by atoms with E-state index in [-0.39, 0.29) is 32.6 Å². The molecule has 1 rings (SSSR count). The van der Waals surface area contributed by atoms with Gasteiger partial charge < -0.3 is 24.8 Å². The number of allylic oxidation sites excluding steroid dienone is 3. The van der Waals surface area contributed by atoms with Crippen molar-refractivity contribution in [3.8, 4) is 0 Å². The van der Waals surface area contributed by atoms with Crippen molar-refractivity contribution in [1.82, 2.24) is 0 Å². The van der Waals surface area contributed by atoms with E-state index in [0.717, 1.165) is 64.2 Å². The maximum absolute atomic E-state index is 12.6. The van der Waals surface area contributed by atoms with Gasteiger partial charge in [0.25, 0.3) is 0 Å². The van der Waals surface area contributed by atoms with Gasteiger partial charge >= 0.3 is 19.8 Å². The molecule has 0 radical (unpaired) electrons. The third-order valence-corrected chi connectivity index (χ3v) is 11.2. The molecule has 0 saturated carbocycles. The lowest BCUT2D eigenvalue weighted by Crippen LogP contribution is -2.29. The highest BCUT2D eigenvalue weighted by atomic mass is 31.2. The molecule has 328 valence electrons. The van der Waals surface area contributed by atoms with Crippen molar-refractivity contribution in [3.63, 3.8) is 0 Å². The highest BCUT2D eigenvalue weighted by Gasteiger charge is 2.36. The van der Waals surface area contributed by atoms with Crippen LogP contribution >= 0.6 is 7.82 Å². The van der Waals surface area contributed by atoms with E-state index in [2.05, 4.69) is 38.2 Å². The van der Waals surface area contributed by atoms with Gasteiger partial charge in [0.05, 0.1) is 25.4 Å². The van der Waals surface area contributed by atoms with E-state index >= 15 is 0 Å². The zero-order chi connectivity index (χ0) is 40.8. The van der Waals surface area contributed by atoms with Crippen molar-refractivity contribution in [2.75, 3.05) is 26.4 Å². The molecule has 3 unspecified atom stereocenters. The van der Waals surface area contributed by atoms with Gasteiger partial charge in [0.2, 0.25) is 0 Å². The lowest BCUT2D eigenvalue weighted by atomic mass is 10.1. The fourth-order valence-electron chi connectivity index (χ4n) is 6.69. The molecule has 0 amide bonds. The van der Waals surface area contributed by atoms with E-state index in [1.54, 1.807) is 0 Å². The Morgan fingerprint density at radius 1 is 0.625 bits per heavy atom. The Morgan fingerprint density at radius 2 is 1.11 bits per heavy atom. The smallest absolute Gasteiger partial charge is 0.462 e. The van der Waals surface area contributed by atoms with Crippen molar-refractivity contribution >= 4 is 19.8 Å². The number of rotatable bonds is 42. The maximum Gasteiger partial charge on any atom is 0.472 e. The summed E-state index contributed by atoms with van der Waals surface area (Å²) < 4.78 is 38.6. The molecular formula is C45H84NO9P. The molecule has 0 spiro atoms. The molecule has 0 aromatic carbocycles. The number of esters is 2. The van der Waals surface area contributed by atoms with Crippen LogP contribution in [-0.2, 0) is 37.4 Å². The minimum Gasteiger partial charge on any atom is -0.462 e. The molecule has 0 aromatic heterocycles. The first-order valence-corrected chi connectivity index (χ1v) is 24.4. The number of phosphoric ester groups is 1. The van der Waals surface area contributed by atoms with E-state index in [4.69, 9.17) is 29.0 Å². The summed E-state index contributed by atoms with van der Waals surface area (Å²) in [4.78, 5) is 35.0. The maximum atomic E-state index is 12.6. The number of unbranched alkanes of at least 4 members (excludes halogenated alkanes) is 22. The Kier molecular flexibility index (Phi) is 35.3. The monoisotopic (exact) mass is 814 g/mol. The van der Waals surface area contributed by atoms with Gasteiger partial charge in [-0.1, -0.05) is 154 Å². The summed E-state index contributed by atoms with van der Waals surface area (Å²) in [5, 5.41) is 0. The van der Waals surface area contributed by atoms with Crippen molar-refractivity contribution in [2.45, 2.75) is 225 Å². The first kappa shape index (κ1) is 52.5. The first-order chi connectivity index (χ1) is 27.3. The second kappa shape index (κ2) is 37.7. The van der Waals surface area contributed by atoms with E-state index < -0.39 is 32.5 Å². The van der Waals surface area contributed by atoms with Crippen LogP contribution in [0.1, 0.15) is 206 Å². The summed E-state index contributed by atoms with van der Waals surface area (Å²) in [6.45, 7) is 3.68. The minimum atomic E-state index is -4.38. The number of carbonyl (C=O) groups excluding carboxylic acids is 2. The quantitative estimate of drug-likeness (QED) is 0.0201. The predicted octanol–water partition coefficient (Wildman–Crippen LogP) is 12.2. The molecule has 0 bridgehead atoms. The largest absolute Gasteiger partial charge is 0.472 e. The molecule has 4 atom stereocenters. The van der Waals surface area contributed by atoms with Crippen molar-refractivity contribution in [1.29, 1.82) is 0 Å². The molecule has 1 aliphatic rings. The predicted molar refractivity (Wildman–Crippen MR) is 228 cm³/mol. The van der Waals surface area contributed by atoms with Crippen LogP contribution in [0.4, 0.5) is 0 Å². The number of phosphoric acid groups is 1. The Balaban J connectivity index is 2.15. The summed E-state index contributed by atoms with van der Waals surface area (Å²) in [7, 11) is -4.38. The topological polar surface area (TPSA) is 147 Å². The van der Waals surface area contributed by atoms with E-state index in [9.17, 15) is 19.0 Å². The van der Waals surface area contributed by atoms with E-state index in [0.29, 0.717) is 25.0 Å². The number of hydrogen-bond acceptors (Lipinski definition) is 9. The summed E-state index contributed by atoms with van der Waals surface area (Å²) >= 11 is 0. The third-order valence-electron chi connectivity index (χ3n) is 10.2. The molecule has 1 aliphatic heterocycles. The normalized spacial score (nSPS) is 17.1. The lowest BCUT2D eigenvalue weighted by molar-refractivity contribution is -0.161.